The van der Waals surface area contributed by atoms with Gasteiger partial charge in [0.05, 0.1) is 6.54 Å². The molecule has 2 fully saturated rings. The van der Waals surface area contributed by atoms with Gasteiger partial charge < -0.3 is 20.9 Å². The van der Waals surface area contributed by atoms with Crippen LogP contribution in [-0.4, -0.2) is 42.3 Å². The van der Waals surface area contributed by atoms with Gasteiger partial charge in [0.15, 0.2) is 0 Å². The minimum Gasteiger partial charge on any atom is -0.376 e. The molecule has 2 aromatic rings. The van der Waals surface area contributed by atoms with Crippen LogP contribution in [0.4, 0.5) is 17.1 Å². The first-order valence-electron chi connectivity index (χ1n) is 11.8. The Morgan fingerprint density at radius 1 is 0.909 bits per heavy atom. The number of anilines is 3. The van der Waals surface area contributed by atoms with Crippen molar-refractivity contribution in [1.82, 2.24) is 4.90 Å². The topological polar surface area (TPSA) is 90.5 Å². The Labute approximate surface area is 194 Å². The number of carbonyl (C=O) groups excluding carboxylic acids is 3. The molecule has 4 rings (SSSR count). The van der Waals surface area contributed by atoms with Crippen LogP contribution in [0, 0.1) is 12.8 Å². The van der Waals surface area contributed by atoms with E-state index in [-0.39, 0.29) is 30.2 Å². The number of nitrogens with zero attached hydrogens (tertiary/aromatic N) is 1. The summed E-state index contributed by atoms with van der Waals surface area (Å²) < 4.78 is 0. The number of hydrogen-bond donors (Lipinski definition) is 3. The normalized spacial score (nSPS) is 16.0. The Hall–Kier alpha value is -3.35. The Morgan fingerprint density at radius 2 is 1.58 bits per heavy atom. The maximum absolute atomic E-state index is 12.9. The van der Waals surface area contributed by atoms with E-state index < -0.39 is 0 Å². The summed E-state index contributed by atoms with van der Waals surface area (Å²) in [6, 6.07) is 12.8. The second-order valence-corrected chi connectivity index (χ2v) is 8.93. The molecule has 0 aromatic heterocycles. The summed E-state index contributed by atoms with van der Waals surface area (Å²) in [6.07, 6.45) is 6.34. The van der Waals surface area contributed by atoms with Crippen molar-refractivity contribution in [3.63, 3.8) is 0 Å². The van der Waals surface area contributed by atoms with Crippen LogP contribution in [0.15, 0.2) is 42.5 Å². The van der Waals surface area contributed by atoms with Crippen LogP contribution in [0.3, 0.4) is 0 Å². The smallest absolute Gasteiger partial charge is 0.253 e. The Balaban J connectivity index is 1.33. The van der Waals surface area contributed by atoms with Crippen LogP contribution in [-0.2, 0) is 9.59 Å². The molecule has 1 aliphatic carbocycles. The second kappa shape index (κ2) is 10.5. The van der Waals surface area contributed by atoms with Crippen LogP contribution in [0.25, 0.3) is 0 Å². The first-order chi connectivity index (χ1) is 16.0. The van der Waals surface area contributed by atoms with Crippen LogP contribution in [0.1, 0.15) is 54.4 Å². The summed E-state index contributed by atoms with van der Waals surface area (Å²) in [7, 11) is 0. The average Bonchev–Trinajstić information content (AvgIpc) is 3.67. The fourth-order valence-corrected chi connectivity index (χ4v) is 4.08. The summed E-state index contributed by atoms with van der Waals surface area (Å²) in [4.78, 5) is 39.4. The highest BCUT2D eigenvalue weighted by Crippen LogP contribution is 2.31. The van der Waals surface area contributed by atoms with Crippen molar-refractivity contribution in [3.05, 3.63) is 53.6 Å². The number of amides is 3. The molecule has 1 saturated heterocycles. The van der Waals surface area contributed by atoms with Gasteiger partial charge in [0.2, 0.25) is 11.8 Å². The lowest BCUT2D eigenvalue weighted by molar-refractivity contribution is -0.117. The van der Waals surface area contributed by atoms with Crippen molar-refractivity contribution in [2.24, 2.45) is 5.92 Å². The van der Waals surface area contributed by atoms with Gasteiger partial charge >= 0.3 is 0 Å². The zero-order valence-electron chi connectivity index (χ0n) is 19.2. The highest BCUT2D eigenvalue weighted by Gasteiger charge is 2.29. The number of likely N-dealkylation sites (tertiary alicyclic amines) is 1. The number of rotatable bonds is 7. The van der Waals surface area contributed by atoms with E-state index in [2.05, 4.69) is 16.0 Å². The highest BCUT2D eigenvalue weighted by atomic mass is 16.2. The molecule has 0 radical (unpaired) electrons. The van der Waals surface area contributed by atoms with Crippen molar-refractivity contribution >= 4 is 34.8 Å². The molecule has 7 heteroatoms. The molecule has 3 N–H and O–H groups in total. The third-order valence-corrected chi connectivity index (χ3v) is 6.27. The first kappa shape index (κ1) is 22.8. The van der Waals surface area contributed by atoms with E-state index >= 15 is 0 Å². The number of nitrogens with one attached hydrogen (secondary N) is 3. The summed E-state index contributed by atoms with van der Waals surface area (Å²) >= 11 is 0. The summed E-state index contributed by atoms with van der Waals surface area (Å²) in [5, 5.41) is 8.97. The molecule has 3 amide bonds. The van der Waals surface area contributed by atoms with Gasteiger partial charge in [-0.3, -0.25) is 14.4 Å². The van der Waals surface area contributed by atoms with E-state index in [9.17, 15) is 14.4 Å². The fraction of sp³-hybridized carbons (Fsp3) is 0.423. The second-order valence-electron chi connectivity index (χ2n) is 8.93. The monoisotopic (exact) mass is 448 g/mol. The molecule has 174 valence electrons. The standard InChI is InChI=1S/C26H32N4O3/c1-18-22(10-7-11-23(18)29-25(32)19-12-13-19)28-24(31)17-27-21-9-6-8-20(16-21)26(33)30-14-4-2-3-5-15-30/h6-11,16,19,27H,2-5,12-15,17H2,1H3,(H,28,31)(H,29,32). The van der Waals surface area contributed by atoms with Crippen molar-refractivity contribution in [3.8, 4) is 0 Å². The Kier molecular flexibility index (Phi) is 7.27. The van der Waals surface area contributed by atoms with Gasteiger partial charge in [0, 0.05) is 41.6 Å². The van der Waals surface area contributed by atoms with Gasteiger partial charge in [-0.1, -0.05) is 25.0 Å². The quantitative estimate of drug-likeness (QED) is 0.585. The van der Waals surface area contributed by atoms with E-state index in [0.717, 1.165) is 55.7 Å². The minimum atomic E-state index is -0.201. The third-order valence-electron chi connectivity index (χ3n) is 6.27. The SMILES string of the molecule is Cc1c(NC(=O)CNc2cccc(C(=O)N3CCCCCC3)c2)cccc1NC(=O)C1CC1. The molecule has 0 atom stereocenters. The van der Waals surface area contributed by atoms with Crippen LogP contribution < -0.4 is 16.0 Å². The number of benzene rings is 2. The van der Waals surface area contributed by atoms with Crippen molar-refractivity contribution in [2.75, 3.05) is 35.6 Å². The van der Waals surface area contributed by atoms with Crippen LogP contribution in [0.2, 0.25) is 0 Å². The predicted octanol–water partition coefficient (Wildman–Crippen LogP) is 4.41. The predicted molar refractivity (Wildman–Crippen MR) is 130 cm³/mol. The molecule has 1 aliphatic heterocycles. The highest BCUT2D eigenvalue weighted by molar-refractivity contribution is 5.99. The number of hydrogen-bond acceptors (Lipinski definition) is 4. The van der Waals surface area contributed by atoms with E-state index in [1.165, 1.54) is 12.8 Å². The third kappa shape index (κ3) is 6.12. The number of carbonyl (C=O) groups is 3. The van der Waals surface area contributed by atoms with Gasteiger partial charge in [0.25, 0.3) is 5.91 Å². The summed E-state index contributed by atoms with van der Waals surface area (Å²) in [6.45, 7) is 3.56. The zero-order valence-corrected chi connectivity index (χ0v) is 19.2. The van der Waals surface area contributed by atoms with E-state index in [1.54, 1.807) is 6.07 Å². The molecular formula is C26H32N4O3. The van der Waals surface area contributed by atoms with Gasteiger partial charge in [-0.25, -0.2) is 0 Å². The van der Waals surface area contributed by atoms with Gasteiger partial charge in [-0.05, 0) is 68.5 Å². The Bertz CT molecular complexity index is 1020. The molecule has 1 heterocycles. The summed E-state index contributed by atoms with van der Waals surface area (Å²) in [5.74, 6) is 0.00500. The van der Waals surface area contributed by atoms with Crippen molar-refractivity contribution in [2.45, 2.75) is 45.4 Å². The lowest BCUT2D eigenvalue weighted by Crippen LogP contribution is -2.31. The Morgan fingerprint density at radius 3 is 2.27 bits per heavy atom. The van der Waals surface area contributed by atoms with Crippen LogP contribution >= 0.6 is 0 Å². The van der Waals surface area contributed by atoms with E-state index in [1.807, 2.05) is 48.2 Å². The maximum Gasteiger partial charge on any atom is 0.253 e. The van der Waals surface area contributed by atoms with Gasteiger partial charge in [-0.2, -0.15) is 0 Å². The van der Waals surface area contributed by atoms with Crippen LogP contribution in [0.5, 0.6) is 0 Å². The lowest BCUT2D eigenvalue weighted by Gasteiger charge is -2.20. The van der Waals surface area contributed by atoms with E-state index in [0.29, 0.717) is 11.3 Å². The van der Waals surface area contributed by atoms with Gasteiger partial charge in [0.1, 0.15) is 0 Å². The van der Waals surface area contributed by atoms with Crippen molar-refractivity contribution in [1.29, 1.82) is 0 Å². The maximum atomic E-state index is 12.9. The zero-order chi connectivity index (χ0) is 23.2. The minimum absolute atomic E-state index is 0.0397. The molecule has 33 heavy (non-hydrogen) atoms. The molecule has 0 bridgehead atoms. The van der Waals surface area contributed by atoms with Crippen molar-refractivity contribution < 1.29 is 14.4 Å². The summed E-state index contributed by atoms with van der Waals surface area (Å²) in [5.41, 5.74) is 3.58. The van der Waals surface area contributed by atoms with E-state index in [4.69, 9.17) is 0 Å². The first-order valence-corrected chi connectivity index (χ1v) is 11.8. The molecule has 7 nitrogen and oxygen atoms in total. The lowest BCUT2D eigenvalue weighted by atomic mass is 10.1. The molecule has 2 aromatic carbocycles. The molecule has 1 saturated carbocycles. The average molecular weight is 449 g/mol. The molecule has 2 aliphatic rings. The fourth-order valence-electron chi connectivity index (χ4n) is 4.08. The van der Waals surface area contributed by atoms with Gasteiger partial charge in [-0.15, -0.1) is 0 Å². The molecule has 0 spiro atoms. The molecular weight excluding hydrogens is 416 g/mol. The molecule has 0 unspecified atom stereocenters. The largest absolute Gasteiger partial charge is 0.376 e.